The maximum atomic E-state index is 12.0. The summed E-state index contributed by atoms with van der Waals surface area (Å²) in [6, 6.07) is 11.5. The summed E-state index contributed by atoms with van der Waals surface area (Å²) in [4.78, 5) is 23.0. The predicted molar refractivity (Wildman–Crippen MR) is 145 cm³/mol. The Labute approximate surface area is 212 Å². The van der Waals surface area contributed by atoms with E-state index in [2.05, 4.69) is 76.7 Å². The molecule has 1 aromatic rings. The number of aliphatic imine (C=N–C) groups is 1. The normalized spacial score (nSPS) is 17.7. The number of hydrogen-bond donors (Lipinski definition) is 2. The Morgan fingerprint density at radius 2 is 1.94 bits per heavy atom. The van der Waals surface area contributed by atoms with Crippen LogP contribution in [0.5, 0.6) is 0 Å². The predicted octanol–water partition coefficient (Wildman–Crippen LogP) is 2.62. The second-order valence-electron chi connectivity index (χ2n) is 8.72. The molecule has 0 spiro atoms. The first-order valence-corrected chi connectivity index (χ1v) is 11.6. The molecule has 1 aliphatic heterocycles. The number of carbonyl (C=O) groups excluding carboxylic acids is 1. The Hall–Kier alpha value is -1.39. The number of rotatable bonds is 11. The molecule has 0 saturated carbocycles. The van der Waals surface area contributed by atoms with Crippen molar-refractivity contribution in [2.45, 2.75) is 51.7 Å². The van der Waals surface area contributed by atoms with Crippen LogP contribution in [-0.4, -0.2) is 92.5 Å². The lowest BCUT2D eigenvalue weighted by atomic mass is 10.1. The van der Waals surface area contributed by atoms with Gasteiger partial charge < -0.3 is 15.5 Å². The molecular formula is C24H43IN6O. The Bertz CT molecular complexity index is 684. The summed E-state index contributed by atoms with van der Waals surface area (Å²) < 4.78 is 0. The van der Waals surface area contributed by atoms with E-state index in [-0.39, 0.29) is 36.4 Å². The number of benzene rings is 1. The van der Waals surface area contributed by atoms with Gasteiger partial charge in [-0.2, -0.15) is 0 Å². The number of nitrogens with zero attached hydrogens (tertiary/aromatic N) is 4. The fraction of sp³-hybridized carbons (Fsp3) is 0.667. The Morgan fingerprint density at radius 3 is 2.59 bits per heavy atom. The molecular weight excluding hydrogens is 515 g/mol. The number of guanidine groups is 1. The van der Waals surface area contributed by atoms with Gasteiger partial charge in [-0.3, -0.25) is 14.6 Å². The van der Waals surface area contributed by atoms with E-state index in [1.165, 1.54) is 24.9 Å². The van der Waals surface area contributed by atoms with Crippen LogP contribution in [-0.2, 0) is 11.3 Å². The first-order valence-electron chi connectivity index (χ1n) is 11.6. The average molecular weight is 559 g/mol. The van der Waals surface area contributed by atoms with Crippen molar-refractivity contribution >= 4 is 35.8 Å². The van der Waals surface area contributed by atoms with Crippen molar-refractivity contribution < 1.29 is 4.79 Å². The third-order valence-electron chi connectivity index (χ3n) is 6.16. The standard InChI is InChI=1S/C24H42N6O.HI/c1-6-30-16-10-13-22(30)17-26-24(27-18-23(31)28(3)4)25-15-14-20(2)29(5)19-21-11-8-7-9-12-21;/h7-9,11-12,20,22H,6,10,13-19H2,1-5H3,(H2,25,26,27);1H. The van der Waals surface area contributed by atoms with Crippen LogP contribution in [0, 0.1) is 0 Å². The summed E-state index contributed by atoms with van der Waals surface area (Å²) in [7, 11) is 5.70. The highest BCUT2D eigenvalue weighted by Gasteiger charge is 2.23. The zero-order chi connectivity index (χ0) is 22.6. The van der Waals surface area contributed by atoms with Crippen LogP contribution < -0.4 is 10.6 Å². The number of hydrogen-bond acceptors (Lipinski definition) is 4. The molecule has 1 amide bonds. The van der Waals surface area contributed by atoms with Gasteiger partial charge in [-0.05, 0) is 51.9 Å². The zero-order valence-electron chi connectivity index (χ0n) is 20.5. The minimum absolute atomic E-state index is 0. The number of halogens is 1. The molecule has 1 fully saturated rings. The minimum Gasteiger partial charge on any atom is -0.356 e. The highest BCUT2D eigenvalue weighted by Crippen LogP contribution is 2.15. The van der Waals surface area contributed by atoms with Gasteiger partial charge >= 0.3 is 0 Å². The third kappa shape index (κ3) is 10.0. The monoisotopic (exact) mass is 558 g/mol. The van der Waals surface area contributed by atoms with E-state index in [9.17, 15) is 4.79 Å². The van der Waals surface area contributed by atoms with Crippen LogP contribution in [0.2, 0.25) is 0 Å². The first kappa shape index (κ1) is 28.6. The lowest BCUT2D eigenvalue weighted by molar-refractivity contribution is -0.127. The summed E-state index contributed by atoms with van der Waals surface area (Å²) in [5, 5.41) is 6.92. The molecule has 7 nitrogen and oxygen atoms in total. The Balaban J connectivity index is 0.00000512. The van der Waals surface area contributed by atoms with Gasteiger partial charge in [-0.25, -0.2) is 4.99 Å². The summed E-state index contributed by atoms with van der Waals surface area (Å²) in [6.45, 7) is 9.49. The molecule has 2 atom stereocenters. The smallest absolute Gasteiger partial charge is 0.243 e. The molecule has 1 aliphatic rings. The van der Waals surface area contributed by atoms with E-state index in [1.54, 1.807) is 19.0 Å². The van der Waals surface area contributed by atoms with E-state index in [0.717, 1.165) is 38.6 Å². The molecule has 182 valence electrons. The van der Waals surface area contributed by atoms with Gasteiger partial charge in [0.1, 0.15) is 6.54 Å². The van der Waals surface area contributed by atoms with Gasteiger partial charge in [0.2, 0.25) is 5.91 Å². The molecule has 0 bridgehead atoms. The molecule has 2 N–H and O–H groups in total. The fourth-order valence-corrected chi connectivity index (χ4v) is 3.87. The van der Waals surface area contributed by atoms with Gasteiger partial charge in [-0.1, -0.05) is 37.3 Å². The lowest BCUT2D eigenvalue weighted by Gasteiger charge is -2.26. The van der Waals surface area contributed by atoms with Gasteiger partial charge in [0.25, 0.3) is 0 Å². The minimum atomic E-state index is 0. The highest BCUT2D eigenvalue weighted by atomic mass is 127. The maximum Gasteiger partial charge on any atom is 0.243 e. The van der Waals surface area contributed by atoms with Crippen molar-refractivity contribution in [1.82, 2.24) is 25.3 Å². The van der Waals surface area contributed by atoms with Crippen LogP contribution in [0.15, 0.2) is 35.3 Å². The molecule has 1 heterocycles. The quantitative estimate of drug-likeness (QED) is 0.249. The third-order valence-corrected chi connectivity index (χ3v) is 6.16. The van der Waals surface area contributed by atoms with Crippen LogP contribution in [0.25, 0.3) is 0 Å². The second-order valence-corrected chi connectivity index (χ2v) is 8.72. The summed E-state index contributed by atoms with van der Waals surface area (Å²) >= 11 is 0. The SMILES string of the molecule is CCN1CCCC1CNC(=NCC(=O)N(C)C)NCCC(C)N(C)Cc1ccccc1.I. The molecule has 8 heteroatoms. The van der Waals surface area contributed by atoms with Crippen molar-refractivity contribution in [3.8, 4) is 0 Å². The van der Waals surface area contributed by atoms with E-state index in [0.29, 0.717) is 12.1 Å². The van der Waals surface area contributed by atoms with Crippen LogP contribution >= 0.6 is 24.0 Å². The van der Waals surface area contributed by atoms with Crippen LogP contribution in [0.1, 0.15) is 38.7 Å². The van der Waals surface area contributed by atoms with E-state index >= 15 is 0 Å². The van der Waals surface area contributed by atoms with Crippen molar-refractivity contribution in [1.29, 1.82) is 0 Å². The average Bonchev–Trinajstić information content (AvgIpc) is 3.23. The largest absolute Gasteiger partial charge is 0.356 e. The summed E-state index contributed by atoms with van der Waals surface area (Å²) in [5.41, 5.74) is 1.33. The van der Waals surface area contributed by atoms with E-state index in [4.69, 9.17) is 0 Å². The molecule has 1 aromatic carbocycles. The first-order chi connectivity index (χ1) is 14.9. The number of likely N-dealkylation sites (N-methyl/N-ethyl adjacent to an activating group) is 2. The van der Waals surface area contributed by atoms with Crippen molar-refractivity contribution in [3.05, 3.63) is 35.9 Å². The second kappa shape index (κ2) is 15.4. The molecule has 2 unspecified atom stereocenters. The fourth-order valence-electron chi connectivity index (χ4n) is 3.87. The van der Waals surface area contributed by atoms with Gasteiger partial charge in [0.05, 0.1) is 0 Å². The molecule has 2 rings (SSSR count). The van der Waals surface area contributed by atoms with Gasteiger partial charge in [-0.15, -0.1) is 24.0 Å². The summed E-state index contributed by atoms with van der Waals surface area (Å²) in [6.07, 6.45) is 3.46. The molecule has 1 saturated heterocycles. The lowest BCUT2D eigenvalue weighted by Crippen LogP contribution is -2.46. The topological polar surface area (TPSA) is 63.2 Å². The highest BCUT2D eigenvalue weighted by molar-refractivity contribution is 14.0. The van der Waals surface area contributed by atoms with Gasteiger partial charge in [0.15, 0.2) is 5.96 Å². The molecule has 0 aromatic heterocycles. The van der Waals surface area contributed by atoms with Gasteiger partial charge in [0, 0.05) is 45.8 Å². The number of nitrogens with one attached hydrogen (secondary N) is 2. The van der Waals surface area contributed by atoms with Crippen LogP contribution in [0.4, 0.5) is 0 Å². The van der Waals surface area contributed by atoms with E-state index < -0.39 is 0 Å². The van der Waals surface area contributed by atoms with E-state index in [1.807, 2.05) is 0 Å². The Kier molecular flexibility index (Phi) is 13.8. The number of carbonyl (C=O) groups is 1. The van der Waals surface area contributed by atoms with Crippen molar-refractivity contribution in [3.63, 3.8) is 0 Å². The van der Waals surface area contributed by atoms with Crippen LogP contribution in [0.3, 0.4) is 0 Å². The molecule has 0 aliphatic carbocycles. The molecule has 32 heavy (non-hydrogen) atoms. The number of likely N-dealkylation sites (tertiary alicyclic amines) is 1. The van der Waals surface area contributed by atoms with Crippen molar-refractivity contribution in [2.75, 3.05) is 53.9 Å². The summed E-state index contributed by atoms with van der Waals surface area (Å²) in [5.74, 6) is 0.740. The zero-order valence-corrected chi connectivity index (χ0v) is 22.8. The van der Waals surface area contributed by atoms with Crippen molar-refractivity contribution in [2.24, 2.45) is 4.99 Å². The number of amides is 1. The molecule has 0 radical (unpaired) electrons. The Morgan fingerprint density at radius 1 is 1.22 bits per heavy atom. The maximum absolute atomic E-state index is 12.0.